The van der Waals surface area contributed by atoms with Crippen LogP contribution in [0.2, 0.25) is 0 Å². The summed E-state index contributed by atoms with van der Waals surface area (Å²) in [6.07, 6.45) is -4.45. The Morgan fingerprint density at radius 1 is 1.00 bits per heavy atom. The number of rotatable bonds is 1. The fourth-order valence-corrected chi connectivity index (χ4v) is 3.93. The first-order chi connectivity index (χ1) is 13.6. The summed E-state index contributed by atoms with van der Waals surface area (Å²) in [6.45, 7) is 3.09. The van der Waals surface area contributed by atoms with E-state index in [1.54, 1.807) is 26.1 Å². The van der Waals surface area contributed by atoms with Gasteiger partial charge in [0.05, 0.1) is 27.7 Å². The Bertz CT molecular complexity index is 1340. The van der Waals surface area contributed by atoms with E-state index in [-0.39, 0.29) is 11.5 Å². The van der Waals surface area contributed by atoms with Gasteiger partial charge in [-0.1, -0.05) is 30.3 Å². The molecule has 2 heterocycles. The van der Waals surface area contributed by atoms with Crippen LogP contribution >= 0.6 is 0 Å². The molecule has 0 N–H and O–H groups in total. The van der Waals surface area contributed by atoms with Crippen molar-refractivity contribution in [2.45, 2.75) is 20.0 Å². The fourth-order valence-electron chi connectivity index (χ4n) is 3.93. The summed E-state index contributed by atoms with van der Waals surface area (Å²) < 4.78 is 41.8. The van der Waals surface area contributed by atoms with Gasteiger partial charge < -0.3 is 4.57 Å². The van der Waals surface area contributed by atoms with Crippen LogP contribution in [-0.4, -0.2) is 15.0 Å². The molecule has 0 amide bonds. The van der Waals surface area contributed by atoms with Gasteiger partial charge in [-0.2, -0.15) is 13.2 Å². The SMILES string of the molecule is CC(=O)n1c(-c2ccc(C(F)(F)F)cc2)c(C)c2c(=O)n(C)c3ccccc3c21. The molecule has 4 rings (SSSR count). The third kappa shape index (κ3) is 2.76. The molecule has 7 heteroatoms. The fraction of sp³-hybridized carbons (Fsp3) is 0.182. The van der Waals surface area contributed by atoms with E-state index in [0.717, 1.165) is 17.5 Å². The highest BCUT2D eigenvalue weighted by Gasteiger charge is 2.30. The average molecular weight is 398 g/mol. The number of para-hydroxylation sites is 1. The lowest BCUT2D eigenvalue weighted by Crippen LogP contribution is -2.18. The molecule has 0 aliphatic heterocycles. The number of fused-ring (bicyclic) bond motifs is 3. The van der Waals surface area contributed by atoms with E-state index >= 15 is 0 Å². The van der Waals surface area contributed by atoms with Crippen LogP contribution in [0.3, 0.4) is 0 Å². The maximum atomic E-state index is 13.1. The first-order valence-corrected chi connectivity index (χ1v) is 8.94. The summed E-state index contributed by atoms with van der Waals surface area (Å²) in [5.41, 5.74) is 1.53. The highest BCUT2D eigenvalue weighted by molar-refractivity contribution is 6.12. The molecule has 0 fully saturated rings. The van der Waals surface area contributed by atoms with Crippen molar-refractivity contribution in [3.8, 4) is 11.3 Å². The highest BCUT2D eigenvalue weighted by Crippen LogP contribution is 2.37. The minimum atomic E-state index is -4.45. The zero-order chi connectivity index (χ0) is 21.1. The van der Waals surface area contributed by atoms with Crippen molar-refractivity contribution >= 4 is 27.7 Å². The second-order valence-electron chi connectivity index (χ2n) is 7.01. The minimum absolute atomic E-state index is 0.260. The monoisotopic (exact) mass is 398 g/mol. The van der Waals surface area contributed by atoms with E-state index in [4.69, 9.17) is 0 Å². The molecule has 0 spiro atoms. The third-order valence-electron chi connectivity index (χ3n) is 5.25. The zero-order valence-corrected chi connectivity index (χ0v) is 16.0. The lowest BCUT2D eigenvalue weighted by molar-refractivity contribution is -0.137. The van der Waals surface area contributed by atoms with E-state index in [0.29, 0.717) is 33.2 Å². The standard InChI is InChI=1S/C22H17F3N2O2/c1-12-18-20(16-6-4-5-7-17(16)26(3)21(18)29)27(13(2)28)19(12)14-8-10-15(11-9-14)22(23,24)25/h4-11H,1-3H3. The van der Waals surface area contributed by atoms with Crippen LogP contribution in [0, 0.1) is 6.92 Å². The summed E-state index contributed by atoms with van der Waals surface area (Å²) in [7, 11) is 1.66. The van der Waals surface area contributed by atoms with Gasteiger partial charge in [0.15, 0.2) is 0 Å². The van der Waals surface area contributed by atoms with Crippen LogP contribution in [0.25, 0.3) is 33.1 Å². The molecule has 0 atom stereocenters. The zero-order valence-electron chi connectivity index (χ0n) is 16.0. The number of carbonyl (C=O) groups is 1. The third-order valence-corrected chi connectivity index (χ3v) is 5.25. The molecule has 148 valence electrons. The highest BCUT2D eigenvalue weighted by atomic mass is 19.4. The number of alkyl halides is 3. The summed E-state index contributed by atoms with van der Waals surface area (Å²) in [5.74, 6) is -0.323. The number of halogens is 3. The molecule has 2 aromatic heterocycles. The van der Waals surface area contributed by atoms with Gasteiger partial charge in [-0.15, -0.1) is 0 Å². The van der Waals surface area contributed by atoms with Crippen LogP contribution in [0.5, 0.6) is 0 Å². The van der Waals surface area contributed by atoms with Crippen molar-refractivity contribution < 1.29 is 18.0 Å². The Balaban J connectivity index is 2.16. The Morgan fingerprint density at radius 2 is 1.62 bits per heavy atom. The smallest absolute Gasteiger partial charge is 0.311 e. The molecular weight excluding hydrogens is 381 g/mol. The largest absolute Gasteiger partial charge is 0.416 e. The van der Waals surface area contributed by atoms with Gasteiger partial charge in [0, 0.05) is 19.4 Å². The first kappa shape index (κ1) is 19.0. The molecule has 0 saturated carbocycles. The predicted molar refractivity (Wildman–Crippen MR) is 106 cm³/mol. The number of nitrogens with zero attached hydrogens (tertiary/aromatic N) is 2. The summed E-state index contributed by atoms with van der Waals surface area (Å²) >= 11 is 0. The first-order valence-electron chi connectivity index (χ1n) is 8.94. The van der Waals surface area contributed by atoms with Gasteiger partial charge in [0.1, 0.15) is 0 Å². The molecule has 0 saturated heterocycles. The molecule has 29 heavy (non-hydrogen) atoms. The van der Waals surface area contributed by atoms with Crippen LogP contribution in [0.1, 0.15) is 22.8 Å². The lowest BCUT2D eigenvalue weighted by atomic mass is 10.0. The molecule has 2 aromatic carbocycles. The molecule has 0 radical (unpaired) electrons. The quantitative estimate of drug-likeness (QED) is 0.445. The number of hydrogen-bond acceptors (Lipinski definition) is 2. The molecule has 0 aliphatic rings. The van der Waals surface area contributed by atoms with E-state index < -0.39 is 11.7 Å². The maximum Gasteiger partial charge on any atom is 0.416 e. The van der Waals surface area contributed by atoms with Crippen molar-refractivity contribution in [3.63, 3.8) is 0 Å². The topological polar surface area (TPSA) is 44.0 Å². The number of aromatic nitrogens is 2. The van der Waals surface area contributed by atoms with Gasteiger partial charge in [-0.25, -0.2) is 0 Å². The predicted octanol–water partition coefficient (Wildman–Crippen LogP) is 5.15. The molecule has 0 unspecified atom stereocenters. The summed E-state index contributed by atoms with van der Waals surface area (Å²) in [5, 5.41) is 1.11. The number of benzene rings is 2. The molecule has 4 aromatic rings. The van der Waals surface area contributed by atoms with Crippen molar-refractivity contribution in [2.24, 2.45) is 7.05 Å². The number of aryl methyl sites for hydroxylation is 2. The van der Waals surface area contributed by atoms with Crippen molar-refractivity contribution in [2.75, 3.05) is 0 Å². The van der Waals surface area contributed by atoms with Crippen molar-refractivity contribution in [3.05, 3.63) is 70.0 Å². The molecule has 0 aliphatic carbocycles. The number of pyridine rings is 1. The van der Waals surface area contributed by atoms with Gasteiger partial charge in [-0.3, -0.25) is 14.2 Å². The number of carbonyl (C=O) groups excluding carboxylic acids is 1. The molecule has 0 bridgehead atoms. The van der Waals surface area contributed by atoms with Gasteiger partial charge in [0.2, 0.25) is 5.91 Å². The number of hydrogen-bond donors (Lipinski definition) is 0. The molecular formula is C22H17F3N2O2. The normalized spacial score (nSPS) is 12.1. The Morgan fingerprint density at radius 3 is 2.21 bits per heavy atom. The Hall–Kier alpha value is -3.35. The average Bonchev–Trinajstić information content (AvgIpc) is 2.99. The van der Waals surface area contributed by atoms with Crippen molar-refractivity contribution in [1.82, 2.24) is 9.13 Å². The Labute approximate surface area is 163 Å². The van der Waals surface area contributed by atoms with E-state index in [1.807, 2.05) is 12.1 Å². The lowest BCUT2D eigenvalue weighted by Gasteiger charge is -2.11. The summed E-state index contributed by atoms with van der Waals surface area (Å²) in [4.78, 5) is 25.7. The molecule has 4 nitrogen and oxygen atoms in total. The van der Waals surface area contributed by atoms with Gasteiger partial charge >= 0.3 is 6.18 Å². The van der Waals surface area contributed by atoms with Crippen LogP contribution < -0.4 is 5.56 Å². The summed E-state index contributed by atoms with van der Waals surface area (Å²) in [6, 6.07) is 11.9. The second kappa shape index (κ2) is 6.34. The maximum absolute atomic E-state index is 13.1. The van der Waals surface area contributed by atoms with Crippen LogP contribution in [0.15, 0.2) is 53.3 Å². The Kier molecular flexibility index (Phi) is 4.15. The van der Waals surface area contributed by atoms with Gasteiger partial charge in [0.25, 0.3) is 5.56 Å². The van der Waals surface area contributed by atoms with E-state index in [1.165, 1.54) is 28.2 Å². The van der Waals surface area contributed by atoms with E-state index in [2.05, 4.69) is 0 Å². The van der Waals surface area contributed by atoms with Crippen molar-refractivity contribution in [1.29, 1.82) is 0 Å². The second-order valence-corrected chi connectivity index (χ2v) is 7.01. The van der Waals surface area contributed by atoms with Gasteiger partial charge in [-0.05, 0) is 36.2 Å². The van der Waals surface area contributed by atoms with E-state index in [9.17, 15) is 22.8 Å². The minimum Gasteiger partial charge on any atom is -0.311 e. The van der Waals surface area contributed by atoms with Crippen LogP contribution in [-0.2, 0) is 13.2 Å². The van der Waals surface area contributed by atoms with Crippen LogP contribution in [0.4, 0.5) is 13.2 Å².